The zero-order valence-electron chi connectivity index (χ0n) is 7.77. The lowest BCUT2D eigenvalue weighted by atomic mass is 11.6. The van der Waals surface area contributed by atoms with Crippen molar-refractivity contribution in [3.05, 3.63) is 0 Å². The Bertz CT molecular complexity index is 280. The summed E-state index contributed by atoms with van der Waals surface area (Å²) in [5.41, 5.74) is -5.30. The maximum absolute atomic E-state index is 11.8. The Balaban J connectivity index is 4.17. The minimum absolute atomic E-state index is 0.159. The predicted octanol–water partition coefficient (Wildman–Crippen LogP) is 0.926. The summed E-state index contributed by atoms with van der Waals surface area (Å²) < 4.78 is 60.0. The highest BCUT2D eigenvalue weighted by atomic mass is 32.2. The van der Waals surface area contributed by atoms with Gasteiger partial charge in [0, 0.05) is 7.59 Å². The first kappa shape index (κ1) is 14.4. The monoisotopic (exact) mass is 278 g/mol. The van der Waals surface area contributed by atoms with E-state index in [9.17, 15) is 21.6 Å². The number of halogens is 3. The molecule has 0 aromatic carbocycles. The second kappa shape index (κ2) is 4.47. The largest absolute Gasteiger partial charge is 0.522 e. The van der Waals surface area contributed by atoms with E-state index in [1.807, 2.05) is 19.6 Å². The van der Waals surface area contributed by atoms with Crippen LogP contribution < -0.4 is 0 Å². The van der Waals surface area contributed by atoms with E-state index in [0.29, 0.717) is 0 Å². The van der Waals surface area contributed by atoms with Crippen molar-refractivity contribution in [3.63, 3.8) is 0 Å². The molecule has 0 aliphatic heterocycles. The van der Waals surface area contributed by atoms with E-state index in [2.05, 4.69) is 3.87 Å². The first-order valence-corrected chi connectivity index (χ1v) is 12.3. The van der Waals surface area contributed by atoms with Gasteiger partial charge in [-0.1, -0.05) is 19.6 Å². The van der Waals surface area contributed by atoms with Gasteiger partial charge in [0.2, 0.25) is 9.28 Å². The van der Waals surface area contributed by atoms with Crippen LogP contribution in [0.1, 0.15) is 0 Å². The molecular formula is C4H9F3O3SSi3. The number of rotatable bonds is 4. The van der Waals surface area contributed by atoms with E-state index >= 15 is 0 Å². The second-order valence-electron chi connectivity index (χ2n) is 3.46. The molecule has 4 radical (unpaired) electrons. The van der Waals surface area contributed by atoms with Crippen molar-refractivity contribution < 1.29 is 25.5 Å². The van der Waals surface area contributed by atoms with Gasteiger partial charge in [0.25, 0.3) is 0 Å². The molecule has 14 heavy (non-hydrogen) atoms. The minimum atomic E-state index is -5.38. The zero-order chi connectivity index (χ0) is 11.6. The van der Waals surface area contributed by atoms with E-state index in [4.69, 9.17) is 0 Å². The maximum atomic E-state index is 11.8. The molecule has 0 aliphatic rings. The van der Waals surface area contributed by atoms with Crippen LogP contribution in [0, 0.1) is 0 Å². The van der Waals surface area contributed by atoms with Gasteiger partial charge in [-0.3, -0.25) is 0 Å². The molecule has 0 aromatic rings. The molecule has 0 fully saturated rings. The Morgan fingerprint density at radius 3 is 1.93 bits per heavy atom. The van der Waals surface area contributed by atoms with Crippen molar-refractivity contribution in [1.82, 2.24) is 0 Å². The highest BCUT2D eigenvalue weighted by molar-refractivity contribution is 7.88. The van der Waals surface area contributed by atoms with Crippen LogP contribution in [0.15, 0.2) is 0 Å². The molecule has 0 aliphatic carbocycles. The standard InChI is InChI=1S/C4H9F3O3SSi3/c1-14(2,3)13-12-10-11(8,9)4(5,6)7/h1-3H3. The summed E-state index contributed by atoms with van der Waals surface area (Å²) >= 11 is 0. The minimum Gasteiger partial charge on any atom is -0.314 e. The van der Waals surface area contributed by atoms with Gasteiger partial charge in [-0.05, 0) is 0 Å². The molecule has 0 atom stereocenters. The van der Waals surface area contributed by atoms with Crippen LogP contribution >= 0.6 is 0 Å². The summed E-state index contributed by atoms with van der Waals surface area (Å²) in [4.78, 5) is 0. The van der Waals surface area contributed by atoms with Crippen molar-refractivity contribution in [2.24, 2.45) is 0 Å². The highest BCUT2D eigenvalue weighted by Gasteiger charge is 2.47. The maximum Gasteiger partial charge on any atom is 0.522 e. The molecule has 0 saturated carbocycles. The molecule has 10 heteroatoms. The lowest BCUT2D eigenvalue weighted by Gasteiger charge is -2.13. The van der Waals surface area contributed by atoms with Crippen molar-refractivity contribution in [1.29, 1.82) is 0 Å². The third-order valence-electron chi connectivity index (χ3n) is 0.861. The molecule has 0 rings (SSSR count). The van der Waals surface area contributed by atoms with E-state index in [1.54, 1.807) is 0 Å². The van der Waals surface area contributed by atoms with Gasteiger partial charge in [0.05, 0.1) is 8.55 Å². The van der Waals surface area contributed by atoms with Crippen LogP contribution in [0.5, 0.6) is 0 Å². The van der Waals surface area contributed by atoms with Crippen LogP contribution in [0.3, 0.4) is 0 Å². The molecule has 0 N–H and O–H groups in total. The summed E-state index contributed by atoms with van der Waals surface area (Å²) in [7, 11) is -7.36. The van der Waals surface area contributed by atoms with E-state index in [0.717, 1.165) is 0 Å². The first-order chi connectivity index (χ1) is 5.96. The number of hydrogen-bond acceptors (Lipinski definition) is 3. The van der Waals surface area contributed by atoms with Crippen LogP contribution in [0.25, 0.3) is 0 Å². The quantitative estimate of drug-likeness (QED) is 0.567. The topological polar surface area (TPSA) is 43.4 Å². The SMILES string of the molecule is C[Si](C)(C)[Si][Si]OS(=O)(=O)C(F)(F)F. The van der Waals surface area contributed by atoms with Gasteiger partial charge < -0.3 is 3.87 Å². The smallest absolute Gasteiger partial charge is 0.314 e. The summed E-state index contributed by atoms with van der Waals surface area (Å²) in [6.07, 6.45) is 0. The lowest BCUT2D eigenvalue weighted by Crippen LogP contribution is -2.38. The summed E-state index contributed by atoms with van der Waals surface area (Å²) in [6, 6.07) is 0. The predicted molar refractivity (Wildman–Crippen MR) is 50.9 cm³/mol. The molecule has 0 spiro atoms. The molecule has 0 aromatic heterocycles. The Morgan fingerprint density at radius 2 is 1.64 bits per heavy atom. The van der Waals surface area contributed by atoms with Crippen molar-refractivity contribution in [2.45, 2.75) is 25.1 Å². The fraction of sp³-hybridized carbons (Fsp3) is 1.00. The molecule has 0 heterocycles. The average molecular weight is 278 g/mol. The Labute approximate surface area is 86.5 Å². The Kier molecular flexibility index (Phi) is 4.58. The van der Waals surface area contributed by atoms with Crippen LogP contribution in [-0.2, 0) is 14.0 Å². The van der Waals surface area contributed by atoms with E-state index < -0.39 is 32.5 Å². The van der Waals surface area contributed by atoms with E-state index in [1.165, 1.54) is 0 Å². The summed E-state index contributed by atoms with van der Waals surface area (Å²) in [5.74, 6) is 0. The lowest BCUT2D eigenvalue weighted by molar-refractivity contribution is -0.0498. The van der Waals surface area contributed by atoms with Gasteiger partial charge >= 0.3 is 15.6 Å². The molecule has 0 bridgehead atoms. The number of hydrogen-bond donors (Lipinski definition) is 0. The van der Waals surface area contributed by atoms with Crippen molar-refractivity contribution in [3.8, 4) is 0 Å². The third-order valence-corrected chi connectivity index (χ3v) is 14.5. The van der Waals surface area contributed by atoms with Crippen molar-refractivity contribution in [2.75, 3.05) is 0 Å². The average Bonchev–Trinajstić information content (AvgIpc) is 1.80. The van der Waals surface area contributed by atoms with Crippen LogP contribution in [0.4, 0.5) is 13.2 Å². The molecule has 0 unspecified atom stereocenters. The van der Waals surface area contributed by atoms with Crippen LogP contribution in [0.2, 0.25) is 19.6 Å². The summed E-state index contributed by atoms with van der Waals surface area (Å²) in [6.45, 7) is 5.80. The number of alkyl halides is 3. The molecule has 0 amide bonds. The Morgan fingerprint density at radius 1 is 1.21 bits per heavy atom. The van der Waals surface area contributed by atoms with Crippen molar-refractivity contribution >= 4 is 35.5 Å². The first-order valence-electron chi connectivity index (χ1n) is 3.48. The summed E-state index contributed by atoms with van der Waals surface area (Å²) in [5, 5.41) is 0. The third kappa shape index (κ3) is 5.29. The van der Waals surface area contributed by atoms with Gasteiger partial charge in [-0.15, -0.1) is 0 Å². The van der Waals surface area contributed by atoms with Gasteiger partial charge in [-0.25, -0.2) is 0 Å². The Hall–Kier alpha value is 0.351. The second-order valence-corrected chi connectivity index (χ2v) is 18.6. The van der Waals surface area contributed by atoms with Crippen LogP contribution in [-0.4, -0.2) is 39.4 Å². The molecule has 82 valence electrons. The zero-order valence-corrected chi connectivity index (χ0v) is 11.6. The normalized spacial score (nSPS) is 14.4. The van der Waals surface area contributed by atoms with Gasteiger partial charge in [-0.2, -0.15) is 21.6 Å². The molecule has 0 saturated heterocycles. The molecular weight excluding hydrogens is 269 g/mol. The van der Waals surface area contributed by atoms with E-state index in [-0.39, 0.29) is 8.55 Å². The fourth-order valence-electron chi connectivity index (χ4n) is 0.276. The molecule has 3 nitrogen and oxygen atoms in total. The van der Waals surface area contributed by atoms with Gasteiger partial charge in [0.1, 0.15) is 0 Å². The fourth-order valence-corrected chi connectivity index (χ4v) is 7.73. The van der Waals surface area contributed by atoms with Gasteiger partial charge in [0.15, 0.2) is 0 Å². The highest BCUT2D eigenvalue weighted by Crippen LogP contribution is 2.23.